The van der Waals surface area contributed by atoms with Crippen molar-refractivity contribution in [3.63, 3.8) is 0 Å². The van der Waals surface area contributed by atoms with Crippen LogP contribution in [0.2, 0.25) is 0 Å². The molecule has 1 aliphatic rings. The van der Waals surface area contributed by atoms with Gasteiger partial charge in [0.25, 0.3) is 0 Å². The Kier molecular flexibility index (Phi) is 8.96. The van der Waals surface area contributed by atoms with Crippen molar-refractivity contribution in [1.82, 2.24) is 9.80 Å². The van der Waals surface area contributed by atoms with Gasteiger partial charge in [0.15, 0.2) is 0 Å². The van der Waals surface area contributed by atoms with Crippen molar-refractivity contribution >= 4 is 0 Å². The molecule has 158 valence electrons. The molecule has 0 amide bonds. The number of aliphatic hydroxyl groups is 1. The highest BCUT2D eigenvalue weighted by Gasteiger charge is 2.22. The molecule has 0 bridgehead atoms. The van der Waals surface area contributed by atoms with Crippen LogP contribution in [0.1, 0.15) is 12.5 Å². The molecule has 2 aromatic carbocycles. The molecule has 2 aromatic rings. The summed E-state index contributed by atoms with van der Waals surface area (Å²) in [6, 6.07) is 20.2. The number of β-amino-alcohol motifs (C(OH)–C–C–N with tert-alkyl or cyclic N) is 1. The molecule has 1 N–H and O–H groups in total. The van der Waals surface area contributed by atoms with E-state index in [0.717, 1.165) is 51.5 Å². The fourth-order valence-corrected chi connectivity index (χ4v) is 3.79. The summed E-state index contributed by atoms with van der Waals surface area (Å²) in [5.41, 5.74) is 1.33. The maximum Gasteiger partial charge on any atom is 0.119 e. The zero-order chi connectivity index (χ0) is 20.3. The van der Waals surface area contributed by atoms with Crippen LogP contribution in [0.15, 0.2) is 60.7 Å². The number of para-hydroxylation sites is 1. The second-order valence-electron chi connectivity index (χ2n) is 7.65. The van der Waals surface area contributed by atoms with Crippen LogP contribution < -0.4 is 4.74 Å². The van der Waals surface area contributed by atoms with Crippen molar-refractivity contribution in [3.8, 4) is 5.75 Å². The van der Waals surface area contributed by atoms with Crippen molar-refractivity contribution < 1.29 is 14.6 Å². The molecular formula is C24H34N2O3. The molecule has 1 heterocycles. The van der Waals surface area contributed by atoms with Gasteiger partial charge >= 0.3 is 0 Å². The summed E-state index contributed by atoms with van der Waals surface area (Å²) in [6.45, 7) is 8.68. The summed E-state index contributed by atoms with van der Waals surface area (Å²) >= 11 is 0. The van der Waals surface area contributed by atoms with E-state index in [9.17, 15) is 5.11 Å². The highest BCUT2D eigenvalue weighted by molar-refractivity contribution is 5.21. The zero-order valence-electron chi connectivity index (χ0n) is 17.5. The molecule has 1 fully saturated rings. The predicted octanol–water partition coefficient (Wildman–Crippen LogP) is 2.69. The topological polar surface area (TPSA) is 45.2 Å². The molecule has 1 saturated heterocycles. The van der Waals surface area contributed by atoms with Gasteiger partial charge in [-0.25, -0.2) is 0 Å². The van der Waals surface area contributed by atoms with E-state index in [1.54, 1.807) is 0 Å². The summed E-state index contributed by atoms with van der Waals surface area (Å²) < 4.78 is 11.7. The van der Waals surface area contributed by atoms with Gasteiger partial charge in [-0.2, -0.15) is 0 Å². The van der Waals surface area contributed by atoms with Gasteiger partial charge in [-0.15, -0.1) is 0 Å². The van der Waals surface area contributed by atoms with Crippen LogP contribution in [-0.4, -0.2) is 79.6 Å². The third-order valence-corrected chi connectivity index (χ3v) is 5.29. The molecule has 0 spiro atoms. The van der Waals surface area contributed by atoms with E-state index in [-0.39, 0.29) is 6.10 Å². The number of hydrogen-bond acceptors (Lipinski definition) is 5. The summed E-state index contributed by atoms with van der Waals surface area (Å²) in [6.07, 6.45) is 0.694. The molecule has 2 unspecified atom stereocenters. The minimum Gasteiger partial charge on any atom is -0.491 e. The van der Waals surface area contributed by atoms with Crippen LogP contribution >= 0.6 is 0 Å². The van der Waals surface area contributed by atoms with E-state index >= 15 is 0 Å². The summed E-state index contributed by atoms with van der Waals surface area (Å²) in [7, 11) is 0. The number of hydrogen-bond donors (Lipinski definition) is 1. The molecule has 5 heteroatoms. The molecule has 0 saturated carbocycles. The first-order valence-electron chi connectivity index (χ1n) is 10.7. The summed E-state index contributed by atoms with van der Waals surface area (Å²) in [5.74, 6) is 0.803. The van der Waals surface area contributed by atoms with Crippen molar-refractivity contribution in [2.45, 2.75) is 25.6 Å². The van der Waals surface area contributed by atoms with E-state index in [4.69, 9.17) is 9.47 Å². The molecule has 3 rings (SSSR count). The van der Waals surface area contributed by atoms with Gasteiger partial charge < -0.3 is 14.6 Å². The number of ether oxygens (including phenoxy) is 2. The second kappa shape index (κ2) is 11.9. The minimum atomic E-state index is -0.476. The van der Waals surface area contributed by atoms with Gasteiger partial charge in [0.05, 0.1) is 6.10 Å². The zero-order valence-corrected chi connectivity index (χ0v) is 17.5. The fourth-order valence-electron chi connectivity index (χ4n) is 3.79. The second-order valence-corrected chi connectivity index (χ2v) is 7.65. The predicted molar refractivity (Wildman–Crippen MR) is 116 cm³/mol. The summed E-state index contributed by atoms with van der Waals surface area (Å²) in [4.78, 5) is 4.80. The van der Waals surface area contributed by atoms with Gasteiger partial charge in [0, 0.05) is 45.9 Å². The fraction of sp³-hybridized carbons (Fsp3) is 0.500. The quantitative estimate of drug-likeness (QED) is 0.631. The number of rotatable bonds is 11. The van der Waals surface area contributed by atoms with Gasteiger partial charge in [-0.05, 0) is 31.0 Å². The number of nitrogens with zero attached hydrogens (tertiary/aromatic N) is 2. The smallest absolute Gasteiger partial charge is 0.119 e. The Morgan fingerprint density at radius 1 is 0.862 bits per heavy atom. The standard InChI is InChI=1S/C24H34N2O3/c1-2-28-24(17-21-9-5-3-6-10-21)19-26-15-13-25(14-16-26)18-22(27)20-29-23-11-7-4-8-12-23/h3-12,22,24,27H,2,13-20H2,1H3. The van der Waals surface area contributed by atoms with Crippen molar-refractivity contribution in [1.29, 1.82) is 0 Å². The molecule has 0 aliphatic carbocycles. The van der Waals surface area contributed by atoms with Crippen molar-refractivity contribution in [2.75, 3.05) is 52.5 Å². The molecule has 29 heavy (non-hydrogen) atoms. The Balaban J connectivity index is 1.37. The largest absolute Gasteiger partial charge is 0.491 e. The first-order chi connectivity index (χ1) is 14.2. The van der Waals surface area contributed by atoms with E-state index in [1.807, 2.05) is 30.3 Å². The Morgan fingerprint density at radius 3 is 2.07 bits per heavy atom. The van der Waals surface area contributed by atoms with Crippen molar-refractivity contribution in [3.05, 3.63) is 66.2 Å². The van der Waals surface area contributed by atoms with Gasteiger partial charge in [-0.1, -0.05) is 48.5 Å². The van der Waals surface area contributed by atoms with Crippen LogP contribution in [0.5, 0.6) is 5.75 Å². The maximum atomic E-state index is 10.3. The lowest BCUT2D eigenvalue weighted by Crippen LogP contribution is -2.51. The van der Waals surface area contributed by atoms with E-state index in [1.165, 1.54) is 5.56 Å². The maximum absolute atomic E-state index is 10.3. The highest BCUT2D eigenvalue weighted by Crippen LogP contribution is 2.12. The first kappa shape index (κ1) is 21.8. The lowest BCUT2D eigenvalue weighted by atomic mass is 10.1. The molecular weight excluding hydrogens is 364 g/mol. The monoisotopic (exact) mass is 398 g/mol. The Labute approximate surface area is 174 Å². The normalized spacial score (nSPS) is 17.7. The third kappa shape index (κ3) is 7.78. The van der Waals surface area contributed by atoms with E-state index in [0.29, 0.717) is 13.2 Å². The van der Waals surface area contributed by atoms with E-state index < -0.39 is 6.10 Å². The third-order valence-electron chi connectivity index (χ3n) is 5.29. The van der Waals surface area contributed by atoms with Gasteiger partial charge in [-0.3, -0.25) is 9.80 Å². The minimum absolute atomic E-state index is 0.221. The first-order valence-corrected chi connectivity index (χ1v) is 10.7. The Bertz CT molecular complexity index is 675. The average Bonchev–Trinajstić information content (AvgIpc) is 2.75. The SMILES string of the molecule is CCOC(Cc1ccccc1)CN1CCN(CC(O)COc2ccccc2)CC1. The van der Waals surface area contributed by atoms with Crippen molar-refractivity contribution in [2.24, 2.45) is 0 Å². The lowest BCUT2D eigenvalue weighted by Gasteiger charge is -2.37. The number of aliphatic hydroxyl groups excluding tert-OH is 1. The van der Waals surface area contributed by atoms with Crippen LogP contribution in [0, 0.1) is 0 Å². The van der Waals surface area contributed by atoms with Crippen LogP contribution in [0.3, 0.4) is 0 Å². The van der Waals surface area contributed by atoms with Crippen LogP contribution in [0.4, 0.5) is 0 Å². The molecule has 2 atom stereocenters. The molecule has 5 nitrogen and oxygen atoms in total. The van der Waals surface area contributed by atoms with Gasteiger partial charge in [0.2, 0.25) is 0 Å². The summed E-state index contributed by atoms with van der Waals surface area (Å²) in [5, 5.41) is 10.3. The van der Waals surface area contributed by atoms with E-state index in [2.05, 4.69) is 47.1 Å². The van der Waals surface area contributed by atoms with Gasteiger partial charge in [0.1, 0.15) is 18.5 Å². The molecule has 1 aliphatic heterocycles. The molecule has 0 aromatic heterocycles. The molecule has 0 radical (unpaired) electrons. The number of piperazine rings is 1. The van der Waals surface area contributed by atoms with Crippen LogP contribution in [-0.2, 0) is 11.2 Å². The Hall–Kier alpha value is -1.92. The average molecular weight is 399 g/mol. The Morgan fingerprint density at radius 2 is 1.45 bits per heavy atom. The number of benzene rings is 2. The highest BCUT2D eigenvalue weighted by atomic mass is 16.5. The van der Waals surface area contributed by atoms with Crippen LogP contribution in [0.25, 0.3) is 0 Å². The lowest BCUT2D eigenvalue weighted by molar-refractivity contribution is 0.00900.